The van der Waals surface area contributed by atoms with Gasteiger partial charge < -0.3 is 10.1 Å². The fraction of sp³-hybridized carbons (Fsp3) is 0.538. The third-order valence-corrected chi connectivity index (χ3v) is 3.60. The molecule has 1 aromatic rings. The summed E-state index contributed by atoms with van der Waals surface area (Å²) in [6.07, 6.45) is 3.72. The fourth-order valence-corrected chi connectivity index (χ4v) is 2.83. The quantitative estimate of drug-likeness (QED) is 0.787. The Morgan fingerprint density at radius 1 is 1.31 bits per heavy atom. The lowest BCUT2D eigenvalue weighted by Gasteiger charge is -2.30. The van der Waals surface area contributed by atoms with Crippen LogP contribution in [0.3, 0.4) is 0 Å². The van der Waals surface area contributed by atoms with Crippen LogP contribution in [-0.2, 0) is 4.74 Å². The molecule has 2 nitrogen and oxygen atoms in total. The Morgan fingerprint density at radius 2 is 2.25 bits per heavy atom. The first-order chi connectivity index (χ1) is 7.84. The van der Waals surface area contributed by atoms with Gasteiger partial charge in [0, 0.05) is 24.8 Å². The van der Waals surface area contributed by atoms with Gasteiger partial charge >= 0.3 is 0 Å². The van der Waals surface area contributed by atoms with Crippen molar-refractivity contribution in [3.63, 3.8) is 0 Å². The molecule has 86 valence electrons. The van der Waals surface area contributed by atoms with Gasteiger partial charge in [0.25, 0.3) is 0 Å². The first kappa shape index (κ1) is 10.1. The molecule has 2 heterocycles. The summed E-state index contributed by atoms with van der Waals surface area (Å²) < 4.78 is 18.9. The number of nitrogens with one attached hydrogen (secondary N) is 1. The number of hydrogen-bond donors (Lipinski definition) is 1. The predicted octanol–water partition coefficient (Wildman–Crippen LogP) is 2.90. The first-order valence-electron chi connectivity index (χ1n) is 5.99. The maximum absolute atomic E-state index is 13.1. The van der Waals surface area contributed by atoms with E-state index in [4.69, 9.17) is 4.74 Å². The second-order valence-corrected chi connectivity index (χ2v) is 4.60. The van der Waals surface area contributed by atoms with Gasteiger partial charge in [-0.15, -0.1) is 0 Å². The van der Waals surface area contributed by atoms with Crippen molar-refractivity contribution in [3.05, 3.63) is 29.6 Å². The summed E-state index contributed by atoms with van der Waals surface area (Å²) in [5, 5.41) is 3.26. The number of benzene rings is 1. The highest BCUT2D eigenvalue weighted by Crippen LogP contribution is 2.38. The van der Waals surface area contributed by atoms with E-state index in [1.165, 1.54) is 5.56 Å². The maximum atomic E-state index is 13.1. The lowest BCUT2D eigenvalue weighted by Crippen LogP contribution is -2.25. The second kappa shape index (κ2) is 4.06. The van der Waals surface area contributed by atoms with Crippen molar-refractivity contribution >= 4 is 5.69 Å². The molecule has 1 N–H and O–H groups in total. The molecule has 3 heteroatoms. The molecular weight excluding hydrogens is 205 g/mol. The zero-order valence-corrected chi connectivity index (χ0v) is 9.21. The Hall–Kier alpha value is -1.09. The van der Waals surface area contributed by atoms with E-state index < -0.39 is 0 Å². The number of anilines is 1. The minimum atomic E-state index is -0.167. The Morgan fingerprint density at radius 3 is 3.06 bits per heavy atom. The molecule has 2 aliphatic heterocycles. The summed E-state index contributed by atoms with van der Waals surface area (Å²) in [4.78, 5) is 0. The van der Waals surface area contributed by atoms with E-state index in [9.17, 15) is 4.39 Å². The van der Waals surface area contributed by atoms with Crippen LogP contribution in [0.5, 0.6) is 0 Å². The van der Waals surface area contributed by atoms with Crippen LogP contribution in [0.15, 0.2) is 18.2 Å². The zero-order chi connectivity index (χ0) is 11.0. The fourth-order valence-electron chi connectivity index (χ4n) is 2.83. The van der Waals surface area contributed by atoms with Gasteiger partial charge in [0.1, 0.15) is 5.82 Å². The second-order valence-electron chi connectivity index (χ2n) is 4.60. The summed E-state index contributed by atoms with van der Waals surface area (Å²) in [5.74, 6) is 0.276. The number of rotatable bonds is 1. The molecular formula is C13H16FNO. The molecule has 1 fully saturated rings. The van der Waals surface area contributed by atoms with Gasteiger partial charge in [0.05, 0.1) is 6.10 Å². The molecule has 0 saturated carbocycles. The molecule has 0 aromatic heterocycles. The predicted molar refractivity (Wildman–Crippen MR) is 61.2 cm³/mol. The van der Waals surface area contributed by atoms with E-state index in [1.54, 1.807) is 12.1 Å². The van der Waals surface area contributed by atoms with Crippen molar-refractivity contribution < 1.29 is 9.13 Å². The molecule has 2 unspecified atom stereocenters. The van der Waals surface area contributed by atoms with Crippen molar-refractivity contribution in [1.82, 2.24) is 0 Å². The Labute approximate surface area is 94.8 Å². The van der Waals surface area contributed by atoms with E-state index in [2.05, 4.69) is 5.32 Å². The highest BCUT2D eigenvalue weighted by atomic mass is 19.1. The molecule has 0 radical (unpaired) electrons. The Kier molecular flexibility index (Phi) is 2.56. The number of fused-ring (bicyclic) bond motifs is 1. The third kappa shape index (κ3) is 1.69. The number of halogens is 1. The summed E-state index contributed by atoms with van der Waals surface area (Å²) in [6, 6.07) is 5.05. The summed E-state index contributed by atoms with van der Waals surface area (Å²) >= 11 is 0. The van der Waals surface area contributed by atoms with Crippen LogP contribution >= 0.6 is 0 Å². The molecule has 0 bridgehead atoms. The summed E-state index contributed by atoms with van der Waals surface area (Å²) in [7, 11) is 0. The highest BCUT2D eigenvalue weighted by molar-refractivity contribution is 5.55. The lowest BCUT2D eigenvalue weighted by molar-refractivity contribution is 0.0860. The SMILES string of the molecule is Fc1ccc2c(c1)NCCC2C1CCCO1. The first-order valence-corrected chi connectivity index (χ1v) is 5.99. The van der Waals surface area contributed by atoms with Crippen LogP contribution in [0.4, 0.5) is 10.1 Å². The van der Waals surface area contributed by atoms with Crippen LogP contribution in [0.2, 0.25) is 0 Å². The van der Waals surface area contributed by atoms with Crippen molar-refractivity contribution in [2.75, 3.05) is 18.5 Å². The number of ether oxygens (including phenoxy) is 1. The summed E-state index contributed by atoms with van der Waals surface area (Å²) in [6.45, 7) is 1.80. The van der Waals surface area contributed by atoms with Crippen LogP contribution in [0.25, 0.3) is 0 Å². The largest absolute Gasteiger partial charge is 0.385 e. The molecule has 1 aromatic carbocycles. The Balaban J connectivity index is 1.93. The monoisotopic (exact) mass is 221 g/mol. The lowest BCUT2D eigenvalue weighted by atomic mass is 9.85. The smallest absolute Gasteiger partial charge is 0.125 e. The van der Waals surface area contributed by atoms with Crippen molar-refractivity contribution in [1.29, 1.82) is 0 Å². The van der Waals surface area contributed by atoms with E-state index >= 15 is 0 Å². The zero-order valence-electron chi connectivity index (χ0n) is 9.21. The van der Waals surface area contributed by atoms with Crippen LogP contribution in [-0.4, -0.2) is 19.3 Å². The molecule has 0 spiro atoms. The van der Waals surface area contributed by atoms with Crippen LogP contribution in [0, 0.1) is 5.82 Å². The maximum Gasteiger partial charge on any atom is 0.125 e. The van der Waals surface area contributed by atoms with Gasteiger partial charge in [-0.3, -0.25) is 0 Å². The van der Waals surface area contributed by atoms with E-state index in [-0.39, 0.29) is 5.82 Å². The topological polar surface area (TPSA) is 21.3 Å². The standard InChI is InChI=1S/C13H16FNO/c14-9-3-4-10-11(13-2-1-7-16-13)5-6-15-12(10)8-9/h3-4,8,11,13,15H,1-2,5-7H2. The summed E-state index contributed by atoms with van der Waals surface area (Å²) in [5.41, 5.74) is 2.17. The average molecular weight is 221 g/mol. The molecule has 16 heavy (non-hydrogen) atoms. The van der Waals surface area contributed by atoms with Gasteiger partial charge in [0.15, 0.2) is 0 Å². The minimum Gasteiger partial charge on any atom is -0.385 e. The molecule has 2 aliphatic rings. The van der Waals surface area contributed by atoms with Crippen molar-refractivity contribution in [2.24, 2.45) is 0 Å². The minimum absolute atomic E-state index is 0.167. The molecule has 0 amide bonds. The van der Waals surface area contributed by atoms with Crippen LogP contribution < -0.4 is 5.32 Å². The van der Waals surface area contributed by atoms with Gasteiger partial charge in [0.2, 0.25) is 0 Å². The normalized spacial score (nSPS) is 28.6. The van der Waals surface area contributed by atoms with Gasteiger partial charge in [-0.2, -0.15) is 0 Å². The highest BCUT2D eigenvalue weighted by Gasteiger charge is 2.30. The van der Waals surface area contributed by atoms with E-state index in [0.29, 0.717) is 12.0 Å². The third-order valence-electron chi connectivity index (χ3n) is 3.60. The van der Waals surface area contributed by atoms with Crippen molar-refractivity contribution in [3.8, 4) is 0 Å². The van der Waals surface area contributed by atoms with Gasteiger partial charge in [-0.05, 0) is 37.0 Å². The van der Waals surface area contributed by atoms with E-state index in [1.807, 2.05) is 6.07 Å². The van der Waals surface area contributed by atoms with Crippen molar-refractivity contribution in [2.45, 2.75) is 31.3 Å². The van der Waals surface area contributed by atoms with Gasteiger partial charge in [-0.25, -0.2) is 4.39 Å². The number of hydrogen-bond acceptors (Lipinski definition) is 2. The molecule has 3 rings (SSSR count). The average Bonchev–Trinajstić information content (AvgIpc) is 2.81. The Bertz CT molecular complexity index is 388. The van der Waals surface area contributed by atoms with E-state index in [0.717, 1.165) is 38.1 Å². The molecule has 1 saturated heterocycles. The molecule has 2 atom stereocenters. The molecule has 0 aliphatic carbocycles. The van der Waals surface area contributed by atoms with Crippen LogP contribution in [0.1, 0.15) is 30.7 Å². The van der Waals surface area contributed by atoms with Gasteiger partial charge in [-0.1, -0.05) is 6.07 Å².